The second-order valence-corrected chi connectivity index (χ2v) is 4.55. The van der Waals surface area contributed by atoms with Crippen LogP contribution in [0.15, 0.2) is 12.2 Å². The van der Waals surface area contributed by atoms with Crippen LogP contribution in [0.25, 0.3) is 0 Å². The molecule has 6 nitrogen and oxygen atoms in total. The lowest BCUT2D eigenvalue weighted by Gasteiger charge is -2.13. The molecule has 0 aromatic heterocycles. The summed E-state index contributed by atoms with van der Waals surface area (Å²) in [4.78, 5) is 35.2. The number of nitrogens with one attached hydrogen (secondary N) is 1. The molecule has 0 aliphatic carbocycles. The van der Waals surface area contributed by atoms with E-state index in [9.17, 15) is 14.4 Å². The van der Waals surface area contributed by atoms with E-state index in [2.05, 4.69) is 11.9 Å². The zero-order valence-electron chi connectivity index (χ0n) is 11.2. The van der Waals surface area contributed by atoms with Gasteiger partial charge in [0.2, 0.25) is 17.7 Å². The number of amides is 3. The maximum absolute atomic E-state index is 11.5. The Morgan fingerprint density at radius 2 is 2.00 bits per heavy atom. The van der Waals surface area contributed by atoms with Gasteiger partial charge in [0, 0.05) is 32.4 Å². The van der Waals surface area contributed by atoms with E-state index in [1.165, 1.54) is 0 Å². The van der Waals surface area contributed by atoms with Crippen molar-refractivity contribution in [3.05, 3.63) is 12.2 Å². The number of hydrogen-bond donors (Lipinski definition) is 1. The quantitative estimate of drug-likeness (QED) is 0.388. The van der Waals surface area contributed by atoms with Gasteiger partial charge in [-0.25, -0.2) is 0 Å². The molecule has 0 saturated carbocycles. The summed E-state index contributed by atoms with van der Waals surface area (Å²) in [5.41, 5.74) is 0.928. The molecule has 0 aromatic rings. The highest BCUT2D eigenvalue weighted by Crippen LogP contribution is 2.11. The number of rotatable bonds is 8. The Bertz CT molecular complexity index is 363. The monoisotopic (exact) mass is 268 g/mol. The van der Waals surface area contributed by atoms with Crippen molar-refractivity contribution in [3.8, 4) is 0 Å². The third kappa shape index (κ3) is 5.65. The maximum atomic E-state index is 11.5. The molecule has 1 aliphatic heterocycles. The molecule has 3 amide bonds. The summed E-state index contributed by atoms with van der Waals surface area (Å²) in [5.74, 6) is -0.573. The zero-order chi connectivity index (χ0) is 14.3. The molecule has 6 heteroatoms. The predicted octanol–water partition coefficient (Wildman–Crippen LogP) is 0.234. The van der Waals surface area contributed by atoms with E-state index in [-0.39, 0.29) is 43.5 Å². The van der Waals surface area contributed by atoms with E-state index >= 15 is 0 Å². The summed E-state index contributed by atoms with van der Waals surface area (Å²) in [6.07, 6.45) is 0.655. The van der Waals surface area contributed by atoms with Gasteiger partial charge in [0.15, 0.2) is 0 Å². The average Bonchev–Trinajstić information content (AvgIpc) is 2.66. The fourth-order valence-corrected chi connectivity index (χ4v) is 1.68. The SMILES string of the molecule is C=C(C)COCCNC(=O)CCN1C(=O)CCC1=O. The van der Waals surface area contributed by atoms with Crippen LogP contribution in [0.1, 0.15) is 26.2 Å². The highest BCUT2D eigenvalue weighted by atomic mass is 16.5. The Labute approximate surface area is 112 Å². The fourth-order valence-electron chi connectivity index (χ4n) is 1.68. The van der Waals surface area contributed by atoms with Crippen LogP contribution in [0.3, 0.4) is 0 Å². The number of likely N-dealkylation sites (tertiary alicyclic amines) is 1. The summed E-state index contributed by atoms with van der Waals surface area (Å²) in [7, 11) is 0. The average molecular weight is 268 g/mol. The van der Waals surface area contributed by atoms with Gasteiger partial charge in [-0.2, -0.15) is 0 Å². The summed E-state index contributed by atoms with van der Waals surface area (Å²) in [5, 5.41) is 2.67. The van der Waals surface area contributed by atoms with Gasteiger partial charge in [-0.15, -0.1) is 0 Å². The van der Waals surface area contributed by atoms with Gasteiger partial charge in [0.1, 0.15) is 0 Å². The molecular formula is C13H20N2O4. The maximum Gasteiger partial charge on any atom is 0.229 e. The van der Waals surface area contributed by atoms with Crippen LogP contribution in [0.4, 0.5) is 0 Å². The van der Waals surface area contributed by atoms with E-state index in [1.54, 1.807) is 0 Å². The van der Waals surface area contributed by atoms with Crippen molar-refractivity contribution < 1.29 is 19.1 Å². The van der Waals surface area contributed by atoms with E-state index in [0.29, 0.717) is 19.8 Å². The zero-order valence-corrected chi connectivity index (χ0v) is 11.2. The molecule has 1 saturated heterocycles. The molecule has 0 spiro atoms. The minimum atomic E-state index is -0.192. The Kier molecular flexibility index (Phi) is 6.21. The van der Waals surface area contributed by atoms with Crippen LogP contribution in [-0.2, 0) is 19.1 Å². The van der Waals surface area contributed by atoms with Crippen LogP contribution in [0, 0.1) is 0 Å². The minimum absolute atomic E-state index is 0.137. The van der Waals surface area contributed by atoms with Gasteiger partial charge in [-0.05, 0) is 6.92 Å². The Morgan fingerprint density at radius 3 is 2.58 bits per heavy atom. The van der Waals surface area contributed by atoms with E-state index in [1.807, 2.05) is 6.92 Å². The third-order valence-electron chi connectivity index (χ3n) is 2.63. The van der Waals surface area contributed by atoms with E-state index < -0.39 is 0 Å². The molecular weight excluding hydrogens is 248 g/mol. The Balaban J connectivity index is 2.09. The molecule has 0 atom stereocenters. The first-order valence-corrected chi connectivity index (χ1v) is 6.32. The second kappa shape index (κ2) is 7.68. The van der Waals surface area contributed by atoms with E-state index in [4.69, 9.17) is 4.74 Å². The first-order chi connectivity index (χ1) is 9.00. The lowest BCUT2D eigenvalue weighted by atomic mass is 10.3. The molecule has 0 bridgehead atoms. The van der Waals surface area contributed by atoms with Crippen molar-refractivity contribution in [1.29, 1.82) is 0 Å². The number of carbonyl (C=O) groups is 3. The van der Waals surface area contributed by atoms with Crippen molar-refractivity contribution in [2.24, 2.45) is 0 Å². The van der Waals surface area contributed by atoms with E-state index in [0.717, 1.165) is 10.5 Å². The van der Waals surface area contributed by atoms with Crippen molar-refractivity contribution >= 4 is 17.7 Å². The smallest absolute Gasteiger partial charge is 0.229 e. The van der Waals surface area contributed by atoms with Crippen LogP contribution in [0.2, 0.25) is 0 Å². The Morgan fingerprint density at radius 1 is 1.37 bits per heavy atom. The first-order valence-electron chi connectivity index (χ1n) is 6.32. The molecule has 0 aromatic carbocycles. The van der Waals surface area contributed by atoms with Crippen LogP contribution >= 0.6 is 0 Å². The summed E-state index contributed by atoms with van der Waals surface area (Å²) in [6, 6.07) is 0. The lowest BCUT2D eigenvalue weighted by Crippen LogP contribution is -2.35. The van der Waals surface area contributed by atoms with Gasteiger partial charge in [-0.1, -0.05) is 12.2 Å². The molecule has 1 N–H and O–H groups in total. The summed E-state index contributed by atoms with van der Waals surface area (Å²) < 4.78 is 5.22. The number of imide groups is 1. The van der Waals surface area contributed by atoms with Crippen LogP contribution in [0.5, 0.6) is 0 Å². The topological polar surface area (TPSA) is 75.7 Å². The van der Waals surface area contributed by atoms with Crippen molar-refractivity contribution in [1.82, 2.24) is 10.2 Å². The van der Waals surface area contributed by atoms with Gasteiger partial charge >= 0.3 is 0 Å². The largest absolute Gasteiger partial charge is 0.375 e. The molecule has 19 heavy (non-hydrogen) atoms. The summed E-state index contributed by atoms with van der Waals surface area (Å²) >= 11 is 0. The van der Waals surface area contributed by atoms with Gasteiger partial charge < -0.3 is 10.1 Å². The Hall–Kier alpha value is -1.69. The molecule has 1 fully saturated rings. The predicted molar refractivity (Wildman–Crippen MR) is 69.2 cm³/mol. The van der Waals surface area contributed by atoms with Gasteiger partial charge in [-0.3, -0.25) is 19.3 Å². The third-order valence-corrected chi connectivity index (χ3v) is 2.63. The van der Waals surface area contributed by atoms with Crippen molar-refractivity contribution in [2.45, 2.75) is 26.2 Å². The molecule has 1 heterocycles. The highest BCUT2D eigenvalue weighted by Gasteiger charge is 2.28. The standard InChI is InChI=1S/C13H20N2O4/c1-10(2)9-19-8-6-14-11(16)5-7-15-12(17)3-4-13(15)18/h1,3-9H2,2H3,(H,14,16). The van der Waals surface area contributed by atoms with Crippen LogP contribution in [-0.4, -0.2) is 48.9 Å². The number of carbonyl (C=O) groups excluding carboxylic acids is 3. The number of nitrogens with zero attached hydrogens (tertiary/aromatic N) is 1. The highest BCUT2D eigenvalue weighted by molar-refractivity contribution is 6.02. The van der Waals surface area contributed by atoms with Crippen LogP contribution < -0.4 is 5.32 Å². The normalized spacial score (nSPS) is 14.9. The van der Waals surface area contributed by atoms with Crippen molar-refractivity contribution in [3.63, 3.8) is 0 Å². The number of hydrogen-bond acceptors (Lipinski definition) is 4. The molecule has 0 unspecified atom stereocenters. The molecule has 0 radical (unpaired) electrons. The molecule has 1 rings (SSSR count). The fraction of sp³-hybridized carbons (Fsp3) is 0.615. The number of ether oxygens (including phenoxy) is 1. The minimum Gasteiger partial charge on any atom is -0.375 e. The molecule has 106 valence electrons. The first kappa shape index (κ1) is 15.4. The molecule has 1 aliphatic rings. The lowest BCUT2D eigenvalue weighted by molar-refractivity contribution is -0.138. The van der Waals surface area contributed by atoms with Crippen molar-refractivity contribution in [2.75, 3.05) is 26.3 Å². The second-order valence-electron chi connectivity index (χ2n) is 4.55. The van der Waals surface area contributed by atoms with Gasteiger partial charge in [0.25, 0.3) is 0 Å². The van der Waals surface area contributed by atoms with Gasteiger partial charge in [0.05, 0.1) is 13.2 Å². The summed E-state index contributed by atoms with van der Waals surface area (Å²) in [6.45, 7) is 7.03.